The van der Waals surface area contributed by atoms with Gasteiger partial charge in [-0.2, -0.15) is 5.26 Å². The molecule has 124 valence electrons. The lowest BCUT2D eigenvalue weighted by Crippen LogP contribution is -2.39. The number of hydrogen-bond acceptors (Lipinski definition) is 4. The van der Waals surface area contributed by atoms with Crippen molar-refractivity contribution in [1.82, 2.24) is 9.88 Å². The number of rotatable bonds is 3. The molecule has 0 spiro atoms. The number of nitrogens with zero attached hydrogens (tertiary/aromatic N) is 3. The molecule has 2 aromatic rings. The number of likely N-dealkylation sites (tertiary alicyclic amines) is 1. The minimum absolute atomic E-state index is 0.0539. The number of hydrogen-bond donors (Lipinski definition) is 0. The third-order valence-electron chi connectivity index (χ3n) is 4.54. The molecule has 1 aromatic carbocycles. The number of nitriles is 1. The normalized spacial score (nSPS) is 15.3. The van der Waals surface area contributed by atoms with Crippen molar-refractivity contribution >= 4 is 5.91 Å². The van der Waals surface area contributed by atoms with Gasteiger partial charge in [0.1, 0.15) is 5.76 Å². The SMILES string of the molecule is Cc1ccc(-c2nc(CC(=O)N3CCC(C#N)CC3)c(C)o2)cc1. The van der Waals surface area contributed by atoms with Gasteiger partial charge in [-0.3, -0.25) is 4.79 Å². The zero-order valence-electron chi connectivity index (χ0n) is 14.1. The maximum absolute atomic E-state index is 12.5. The van der Waals surface area contributed by atoms with E-state index in [0.29, 0.717) is 30.4 Å². The fourth-order valence-corrected chi connectivity index (χ4v) is 2.92. The van der Waals surface area contributed by atoms with Gasteiger partial charge in [-0.25, -0.2) is 4.98 Å². The number of oxazole rings is 1. The highest BCUT2D eigenvalue weighted by atomic mass is 16.4. The quantitative estimate of drug-likeness (QED) is 0.869. The van der Waals surface area contributed by atoms with Crippen molar-refractivity contribution in [3.05, 3.63) is 41.3 Å². The van der Waals surface area contributed by atoms with Gasteiger partial charge in [0.25, 0.3) is 0 Å². The highest BCUT2D eigenvalue weighted by Crippen LogP contribution is 2.23. The summed E-state index contributed by atoms with van der Waals surface area (Å²) in [5, 5.41) is 8.94. The smallest absolute Gasteiger partial charge is 0.228 e. The molecule has 0 bridgehead atoms. The zero-order valence-corrected chi connectivity index (χ0v) is 14.1. The number of aromatic nitrogens is 1. The molecule has 1 aromatic heterocycles. The Balaban J connectivity index is 1.68. The molecule has 5 heteroatoms. The summed E-state index contributed by atoms with van der Waals surface area (Å²) in [6.45, 7) is 5.18. The number of carbonyl (C=O) groups is 1. The van der Waals surface area contributed by atoms with Crippen LogP contribution in [0.25, 0.3) is 11.5 Å². The maximum atomic E-state index is 12.5. The van der Waals surface area contributed by atoms with E-state index in [1.165, 1.54) is 5.56 Å². The van der Waals surface area contributed by atoms with Crippen LogP contribution >= 0.6 is 0 Å². The molecular weight excluding hydrogens is 302 g/mol. The van der Waals surface area contributed by atoms with Crippen molar-refractivity contribution in [1.29, 1.82) is 5.26 Å². The molecule has 24 heavy (non-hydrogen) atoms. The monoisotopic (exact) mass is 323 g/mol. The van der Waals surface area contributed by atoms with Crippen LogP contribution in [0.2, 0.25) is 0 Å². The van der Waals surface area contributed by atoms with Crippen molar-refractivity contribution in [2.75, 3.05) is 13.1 Å². The van der Waals surface area contributed by atoms with Crippen molar-refractivity contribution in [2.24, 2.45) is 5.92 Å². The first-order valence-electron chi connectivity index (χ1n) is 8.27. The Morgan fingerprint density at radius 1 is 1.29 bits per heavy atom. The number of amides is 1. The summed E-state index contributed by atoms with van der Waals surface area (Å²) in [6.07, 6.45) is 1.77. The predicted octanol–water partition coefficient (Wildman–Crippen LogP) is 3.26. The van der Waals surface area contributed by atoms with Crippen molar-refractivity contribution in [3.63, 3.8) is 0 Å². The first-order chi connectivity index (χ1) is 11.6. The van der Waals surface area contributed by atoms with Crippen molar-refractivity contribution < 1.29 is 9.21 Å². The Hall–Kier alpha value is -2.61. The lowest BCUT2D eigenvalue weighted by atomic mass is 9.98. The van der Waals surface area contributed by atoms with E-state index in [1.807, 2.05) is 43.0 Å². The standard InChI is InChI=1S/C19H21N3O2/c1-13-3-5-16(6-4-13)19-21-17(14(2)24-19)11-18(23)22-9-7-15(12-20)8-10-22/h3-6,15H,7-11H2,1-2H3. The van der Waals surface area contributed by atoms with Gasteiger partial charge in [0.15, 0.2) is 0 Å². The Morgan fingerprint density at radius 3 is 2.58 bits per heavy atom. The highest BCUT2D eigenvalue weighted by Gasteiger charge is 2.24. The summed E-state index contributed by atoms with van der Waals surface area (Å²) in [5.74, 6) is 1.37. The highest BCUT2D eigenvalue weighted by molar-refractivity contribution is 5.78. The molecule has 1 aliphatic rings. The van der Waals surface area contributed by atoms with E-state index >= 15 is 0 Å². The van der Waals surface area contributed by atoms with Crippen LogP contribution in [0.3, 0.4) is 0 Å². The van der Waals surface area contributed by atoms with E-state index < -0.39 is 0 Å². The molecule has 0 saturated carbocycles. The van der Waals surface area contributed by atoms with E-state index in [-0.39, 0.29) is 18.2 Å². The second kappa shape index (κ2) is 6.88. The molecule has 1 saturated heterocycles. The first kappa shape index (κ1) is 16.3. The average molecular weight is 323 g/mol. The van der Waals surface area contributed by atoms with Crippen LogP contribution < -0.4 is 0 Å². The predicted molar refractivity (Wildman–Crippen MR) is 90.0 cm³/mol. The van der Waals surface area contributed by atoms with E-state index in [0.717, 1.165) is 18.4 Å². The molecule has 0 atom stereocenters. The zero-order chi connectivity index (χ0) is 17.1. The second-order valence-electron chi connectivity index (χ2n) is 6.35. The van der Waals surface area contributed by atoms with Gasteiger partial charge in [-0.1, -0.05) is 17.7 Å². The largest absolute Gasteiger partial charge is 0.441 e. The number of piperidine rings is 1. The Labute approximate surface area is 141 Å². The molecular formula is C19H21N3O2. The van der Waals surface area contributed by atoms with Crippen LogP contribution in [0.5, 0.6) is 0 Å². The first-order valence-corrected chi connectivity index (χ1v) is 8.27. The summed E-state index contributed by atoms with van der Waals surface area (Å²) < 4.78 is 5.74. The molecule has 3 rings (SSSR count). The number of carbonyl (C=O) groups excluding carboxylic acids is 1. The topological polar surface area (TPSA) is 70.1 Å². The van der Waals surface area contributed by atoms with E-state index in [4.69, 9.17) is 9.68 Å². The molecule has 1 amide bonds. The van der Waals surface area contributed by atoms with Gasteiger partial charge in [-0.15, -0.1) is 0 Å². The summed E-state index contributed by atoms with van der Waals surface area (Å²) in [6, 6.07) is 10.3. The lowest BCUT2D eigenvalue weighted by Gasteiger charge is -2.29. The molecule has 1 aliphatic heterocycles. The Kier molecular flexibility index (Phi) is 4.66. The summed E-state index contributed by atoms with van der Waals surface area (Å²) in [4.78, 5) is 18.8. The van der Waals surface area contributed by atoms with Crippen LogP contribution in [0.4, 0.5) is 0 Å². The summed E-state index contributed by atoms with van der Waals surface area (Å²) in [5.41, 5.74) is 2.79. The van der Waals surface area contributed by atoms with Crippen molar-refractivity contribution in [3.8, 4) is 17.5 Å². The maximum Gasteiger partial charge on any atom is 0.228 e. The molecule has 0 unspecified atom stereocenters. The Bertz CT molecular complexity index is 763. The van der Waals surface area contributed by atoms with Crippen LogP contribution in [-0.2, 0) is 11.2 Å². The lowest BCUT2D eigenvalue weighted by molar-refractivity contribution is -0.131. The molecule has 0 aliphatic carbocycles. The van der Waals surface area contributed by atoms with Crippen LogP contribution in [0, 0.1) is 31.1 Å². The second-order valence-corrected chi connectivity index (χ2v) is 6.35. The van der Waals surface area contributed by atoms with Gasteiger partial charge in [0, 0.05) is 24.6 Å². The fraction of sp³-hybridized carbons (Fsp3) is 0.421. The fourth-order valence-electron chi connectivity index (χ4n) is 2.92. The number of aryl methyl sites for hydroxylation is 2. The minimum Gasteiger partial charge on any atom is -0.441 e. The molecule has 1 fully saturated rings. The minimum atomic E-state index is 0.0539. The Morgan fingerprint density at radius 2 is 1.96 bits per heavy atom. The van der Waals surface area contributed by atoms with Gasteiger partial charge >= 0.3 is 0 Å². The van der Waals surface area contributed by atoms with Crippen molar-refractivity contribution in [2.45, 2.75) is 33.1 Å². The molecule has 0 N–H and O–H groups in total. The molecule has 0 radical (unpaired) electrons. The molecule has 5 nitrogen and oxygen atoms in total. The number of benzene rings is 1. The van der Waals surface area contributed by atoms with Gasteiger partial charge in [0.2, 0.25) is 11.8 Å². The average Bonchev–Trinajstić information content (AvgIpc) is 2.96. The summed E-state index contributed by atoms with van der Waals surface area (Å²) >= 11 is 0. The van der Waals surface area contributed by atoms with Crippen LogP contribution in [-0.4, -0.2) is 28.9 Å². The van der Waals surface area contributed by atoms with Crippen LogP contribution in [0.1, 0.15) is 29.9 Å². The van der Waals surface area contributed by atoms with Gasteiger partial charge in [-0.05, 0) is 38.8 Å². The van der Waals surface area contributed by atoms with E-state index in [1.54, 1.807) is 0 Å². The third kappa shape index (κ3) is 3.48. The third-order valence-corrected chi connectivity index (χ3v) is 4.54. The van der Waals surface area contributed by atoms with Gasteiger partial charge < -0.3 is 9.32 Å². The molecule has 2 heterocycles. The van der Waals surface area contributed by atoms with E-state index in [9.17, 15) is 4.79 Å². The van der Waals surface area contributed by atoms with Gasteiger partial charge in [0.05, 0.1) is 18.2 Å². The van der Waals surface area contributed by atoms with E-state index in [2.05, 4.69) is 11.1 Å². The van der Waals surface area contributed by atoms with Crippen LogP contribution in [0.15, 0.2) is 28.7 Å². The summed E-state index contributed by atoms with van der Waals surface area (Å²) in [7, 11) is 0.